The summed E-state index contributed by atoms with van der Waals surface area (Å²) in [5, 5.41) is 6.05. The minimum atomic E-state index is 0.0807. The fourth-order valence-corrected chi connectivity index (χ4v) is 5.20. The van der Waals surface area contributed by atoms with Crippen LogP contribution in [0.1, 0.15) is 44.9 Å². The van der Waals surface area contributed by atoms with Gasteiger partial charge in [0.2, 0.25) is 11.8 Å². The third kappa shape index (κ3) is 4.57. The Balaban J connectivity index is 1.37. The lowest BCUT2D eigenvalue weighted by Gasteiger charge is -2.20. The van der Waals surface area contributed by atoms with E-state index in [4.69, 9.17) is 0 Å². The van der Waals surface area contributed by atoms with Crippen molar-refractivity contribution in [2.45, 2.75) is 55.3 Å². The first-order valence-corrected chi connectivity index (χ1v) is 11.1. The quantitative estimate of drug-likeness (QED) is 0.727. The van der Waals surface area contributed by atoms with Gasteiger partial charge in [-0.3, -0.25) is 9.59 Å². The van der Waals surface area contributed by atoms with Crippen molar-refractivity contribution < 1.29 is 9.59 Å². The van der Waals surface area contributed by atoms with Gasteiger partial charge in [0.05, 0.1) is 16.0 Å². The summed E-state index contributed by atoms with van der Waals surface area (Å²) < 4.78 is 1.93. The Bertz CT molecular complexity index is 810. The SMILES string of the molecule is O=C(CSc1nc2ccc(NC(=O)C3CCCCC3)cc2s1)NC1CC1. The second-order valence-electron chi connectivity index (χ2n) is 7.12. The highest BCUT2D eigenvalue weighted by atomic mass is 32.2. The lowest BCUT2D eigenvalue weighted by Crippen LogP contribution is -2.26. The number of hydrogen-bond acceptors (Lipinski definition) is 5. The van der Waals surface area contributed by atoms with Crippen LogP contribution in [0.3, 0.4) is 0 Å². The summed E-state index contributed by atoms with van der Waals surface area (Å²) >= 11 is 3.05. The van der Waals surface area contributed by atoms with Crippen molar-refractivity contribution in [3.63, 3.8) is 0 Å². The minimum absolute atomic E-state index is 0.0807. The van der Waals surface area contributed by atoms with E-state index in [1.807, 2.05) is 18.2 Å². The van der Waals surface area contributed by atoms with Crippen LogP contribution >= 0.6 is 23.1 Å². The average Bonchev–Trinajstić information content (AvgIpc) is 3.37. The molecule has 138 valence electrons. The van der Waals surface area contributed by atoms with Crippen molar-refractivity contribution in [1.82, 2.24) is 10.3 Å². The molecule has 0 unspecified atom stereocenters. The Morgan fingerprint density at radius 1 is 1.15 bits per heavy atom. The van der Waals surface area contributed by atoms with Crippen LogP contribution in [0, 0.1) is 5.92 Å². The molecule has 0 saturated heterocycles. The van der Waals surface area contributed by atoms with E-state index in [9.17, 15) is 9.59 Å². The first-order valence-electron chi connectivity index (χ1n) is 9.31. The maximum atomic E-state index is 12.4. The van der Waals surface area contributed by atoms with Crippen LogP contribution in [0.2, 0.25) is 0 Å². The van der Waals surface area contributed by atoms with Crippen LogP contribution in [-0.2, 0) is 9.59 Å². The Morgan fingerprint density at radius 2 is 1.96 bits per heavy atom. The summed E-state index contributed by atoms with van der Waals surface area (Å²) in [6.45, 7) is 0. The Hall–Kier alpha value is -1.60. The second-order valence-corrected chi connectivity index (χ2v) is 9.37. The summed E-state index contributed by atoms with van der Waals surface area (Å²) in [5.74, 6) is 0.774. The van der Waals surface area contributed by atoms with E-state index in [1.165, 1.54) is 18.2 Å². The zero-order valence-corrected chi connectivity index (χ0v) is 16.3. The number of nitrogens with zero attached hydrogens (tertiary/aromatic N) is 1. The molecule has 2 saturated carbocycles. The van der Waals surface area contributed by atoms with Gasteiger partial charge >= 0.3 is 0 Å². The molecule has 2 N–H and O–H groups in total. The topological polar surface area (TPSA) is 71.1 Å². The number of fused-ring (bicyclic) bond motifs is 1. The van der Waals surface area contributed by atoms with Gasteiger partial charge in [-0.2, -0.15) is 0 Å². The number of nitrogens with one attached hydrogen (secondary N) is 2. The van der Waals surface area contributed by atoms with Gasteiger partial charge in [0.25, 0.3) is 0 Å². The number of anilines is 1. The molecular formula is C19H23N3O2S2. The molecule has 2 aliphatic rings. The molecule has 0 radical (unpaired) electrons. The number of hydrogen-bond donors (Lipinski definition) is 2. The smallest absolute Gasteiger partial charge is 0.230 e. The van der Waals surface area contributed by atoms with Gasteiger partial charge < -0.3 is 10.6 Å². The Kier molecular flexibility index (Phi) is 5.45. The van der Waals surface area contributed by atoms with Crippen LogP contribution in [-0.4, -0.2) is 28.6 Å². The molecule has 1 heterocycles. The van der Waals surface area contributed by atoms with Crippen LogP contribution in [0.4, 0.5) is 5.69 Å². The van der Waals surface area contributed by atoms with E-state index in [0.29, 0.717) is 11.8 Å². The number of thioether (sulfide) groups is 1. The first-order chi connectivity index (χ1) is 12.7. The highest BCUT2D eigenvalue weighted by Gasteiger charge is 2.23. The highest BCUT2D eigenvalue weighted by molar-refractivity contribution is 8.01. The molecule has 0 atom stereocenters. The van der Waals surface area contributed by atoms with Crippen molar-refractivity contribution in [3.8, 4) is 0 Å². The van der Waals surface area contributed by atoms with Gasteiger partial charge in [0.15, 0.2) is 4.34 Å². The molecule has 4 rings (SSSR count). The molecular weight excluding hydrogens is 366 g/mol. The molecule has 0 spiro atoms. The lowest BCUT2D eigenvalue weighted by molar-refractivity contribution is -0.121. The largest absolute Gasteiger partial charge is 0.353 e. The normalized spacial score (nSPS) is 18.0. The summed E-state index contributed by atoms with van der Waals surface area (Å²) in [7, 11) is 0. The van der Waals surface area contributed by atoms with E-state index in [2.05, 4.69) is 15.6 Å². The predicted molar refractivity (Wildman–Crippen MR) is 107 cm³/mol. The highest BCUT2D eigenvalue weighted by Crippen LogP contribution is 2.32. The molecule has 0 aliphatic heterocycles. The molecule has 1 aromatic carbocycles. The van der Waals surface area contributed by atoms with E-state index >= 15 is 0 Å². The maximum Gasteiger partial charge on any atom is 0.230 e. The first kappa shape index (κ1) is 17.8. The van der Waals surface area contributed by atoms with E-state index in [1.54, 1.807) is 11.3 Å². The monoisotopic (exact) mass is 389 g/mol. The standard InChI is InChI=1S/C19H23N3O2S2/c23-17(20-13-6-7-13)11-25-19-22-15-9-8-14(10-16(15)26-19)21-18(24)12-4-2-1-3-5-12/h8-10,12-13H,1-7,11H2,(H,20,23)(H,21,24). The fourth-order valence-electron chi connectivity index (χ4n) is 3.28. The summed E-state index contributed by atoms with van der Waals surface area (Å²) in [6.07, 6.45) is 7.76. The molecule has 7 heteroatoms. The fraction of sp³-hybridized carbons (Fsp3) is 0.526. The third-order valence-corrected chi connectivity index (χ3v) is 7.04. The van der Waals surface area contributed by atoms with Crippen molar-refractivity contribution in [2.75, 3.05) is 11.1 Å². The van der Waals surface area contributed by atoms with E-state index < -0.39 is 0 Å². The maximum absolute atomic E-state index is 12.4. The van der Waals surface area contributed by atoms with Gasteiger partial charge in [0, 0.05) is 17.6 Å². The summed E-state index contributed by atoms with van der Waals surface area (Å²) in [5.41, 5.74) is 1.75. The third-order valence-electron chi connectivity index (χ3n) is 4.88. The van der Waals surface area contributed by atoms with E-state index in [-0.39, 0.29) is 17.7 Å². The summed E-state index contributed by atoms with van der Waals surface area (Å²) in [4.78, 5) is 28.8. The molecule has 0 bridgehead atoms. The second kappa shape index (κ2) is 7.96. The molecule has 2 amide bonds. The van der Waals surface area contributed by atoms with Crippen LogP contribution in [0.25, 0.3) is 10.2 Å². The van der Waals surface area contributed by atoms with Gasteiger partial charge in [-0.05, 0) is 43.9 Å². The Morgan fingerprint density at radius 3 is 2.73 bits per heavy atom. The number of carbonyl (C=O) groups excluding carboxylic acids is 2. The number of benzene rings is 1. The van der Waals surface area contributed by atoms with Crippen molar-refractivity contribution in [3.05, 3.63) is 18.2 Å². The summed E-state index contributed by atoms with van der Waals surface area (Å²) in [6, 6.07) is 6.24. The number of thiazole rings is 1. The molecule has 26 heavy (non-hydrogen) atoms. The van der Waals surface area contributed by atoms with Gasteiger partial charge in [-0.1, -0.05) is 31.0 Å². The molecule has 5 nitrogen and oxygen atoms in total. The average molecular weight is 390 g/mol. The lowest BCUT2D eigenvalue weighted by atomic mass is 9.88. The Labute approximate surface area is 161 Å². The van der Waals surface area contributed by atoms with Crippen molar-refractivity contribution in [2.24, 2.45) is 5.92 Å². The van der Waals surface area contributed by atoms with Crippen molar-refractivity contribution in [1.29, 1.82) is 0 Å². The molecule has 2 aliphatic carbocycles. The number of aromatic nitrogens is 1. The van der Waals surface area contributed by atoms with Crippen molar-refractivity contribution >= 4 is 50.8 Å². The van der Waals surface area contributed by atoms with Crippen LogP contribution < -0.4 is 10.6 Å². The zero-order valence-electron chi connectivity index (χ0n) is 14.6. The van der Waals surface area contributed by atoms with Gasteiger partial charge in [-0.15, -0.1) is 11.3 Å². The number of amides is 2. The zero-order chi connectivity index (χ0) is 17.9. The minimum Gasteiger partial charge on any atom is -0.353 e. The molecule has 2 aromatic rings. The van der Waals surface area contributed by atoms with Crippen LogP contribution in [0.15, 0.2) is 22.5 Å². The van der Waals surface area contributed by atoms with E-state index in [0.717, 1.165) is 58.8 Å². The number of carbonyl (C=O) groups is 2. The van der Waals surface area contributed by atoms with Gasteiger partial charge in [-0.25, -0.2) is 4.98 Å². The molecule has 1 aromatic heterocycles. The van der Waals surface area contributed by atoms with Crippen LogP contribution in [0.5, 0.6) is 0 Å². The predicted octanol–water partition coefficient (Wildman–Crippen LogP) is 4.19. The van der Waals surface area contributed by atoms with Gasteiger partial charge in [0.1, 0.15) is 0 Å². The number of rotatable bonds is 6. The molecule has 2 fully saturated rings.